The van der Waals surface area contributed by atoms with Gasteiger partial charge in [-0.15, -0.1) is 0 Å². The first-order chi connectivity index (χ1) is 10.0. The number of aliphatic hydroxyl groups excluding tert-OH is 1. The molecule has 0 atom stereocenters. The minimum Gasteiger partial charge on any atom is -0.395 e. The number of aryl methyl sites for hydroxylation is 1. The van der Waals surface area contributed by atoms with Gasteiger partial charge in [0, 0.05) is 31.3 Å². The molecule has 2 N–H and O–H groups in total. The number of sulfonamides is 1. The van der Waals surface area contributed by atoms with Crippen LogP contribution >= 0.6 is 0 Å². The number of hydrogen-bond acceptors (Lipinski definition) is 4. The minimum absolute atomic E-state index is 0.0614. The molecule has 1 heterocycles. The van der Waals surface area contributed by atoms with Crippen LogP contribution in [0.2, 0.25) is 0 Å². The first kappa shape index (κ1) is 15.1. The summed E-state index contributed by atoms with van der Waals surface area (Å²) in [6.45, 7) is -0.0614. The van der Waals surface area contributed by atoms with E-state index in [4.69, 9.17) is 5.11 Å². The lowest BCUT2D eigenvalue weighted by Crippen LogP contribution is -2.15. The lowest BCUT2D eigenvalue weighted by atomic mass is 10.2. The van der Waals surface area contributed by atoms with Crippen molar-refractivity contribution in [3.05, 3.63) is 42.1 Å². The van der Waals surface area contributed by atoms with Crippen molar-refractivity contribution in [2.75, 3.05) is 11.3 Å². The highest BCUT2D eigenvalue weighted by atomic mass is 32.2. The van der Waals surface area contributed by atoms with E-state index in [0.29, 0.717) is 12.0 Å². The van der Waals surface area contributed by atoms with Crippen molar-refractivity contribution in [3.63, 3.8) is 0 Å². The van der Waals surface area contributed by atoms with Crippen LogP contribution in [0.5, 0.6) is 0 Å². The Hall–Kier alpha value is -2.30. The quantitative estimate of drug-likeness (QED) is 0.824. The van der Waals surface area contributed by atoms with Gasteiger partial charge in [0.05, 0.1) is 6.61 Å². The van der Waals surface area contributed by atoms with Gasteiger partial charge in [-0.3, -0.25) is 9.40 Å². The molecule has 0 bridgehead atoms. The van der Waals surface area contributed by atoms with Gasteiger partial charge < -0.3 is 5.11 Å². The number of anilines is 1. The van der Waals surface area contributed by atoms with Crippen LogP contribution in [-0.2, 0) is 17.1 Å². The lowest BCUT2D eigenvalue weighted by molar-refractivity contribution is 0.305. The van der Waals surface area contributed by atoms with E-state index in [1.54, 1.807) is 37.5 Å². The Bertz CT molecular complexity index is 785. The SMILES string of the molecule is Cn1ccc(NS(=O)(=O)c2ccccc2C#CCCO)n1. The van der Waals surface area contributed by atoms with Gasteiger partial charge in [0.2, 0.25) is 0 Å². The molecule has 0 saturated carbocycles. The van der Waals surface area contributed by atoms with Crippen molar-refractivity contribution in [1.29, 1.82) is 0 Å². The fourth-order valence-corrected chi connectivity index (χ4v) is 2.84. The van der Waals surface area contributed by atoms with E-state index in [0.717, 1.165) is 0 Å². The molecule has 0 fully saturated rings. The van der Waals surface area contributed by atoms with E-state index < -0.39 is 10.0 Å². The number of benzene rings is 1. The summed E-state index contributed by atoms with van der Waals surface area (Å²) in [5.74, 6) is 5.72. The van der Waals surface area contributed by atoms with Gasteiger partial charge in [-0.25, -0.2) is 8.42 Å². The molecule has 2 aromatic rings. The van der Waals surface area contributed by atoms with Crippen LogP contribution in [0.1, 0.15) is 12.0 Å². The third kappa shape index (κ3) is 3.84. The van der Waals surface area contributed by atoms with Crippen LogP contribution in [0.15, 0.2) is 41.4 Å². The molecule has 7 heteroatoms. The summed E-state index contributed by atoms with van der Waals surface area (Å²) in [6, 6.07) is 8.01. The maximum absolute atomic E-state index is 12.4. The van der Waals surface area contributed by atoms with Crippen LogP contribution < -0.4 is 4.72 Å². The molecule has 110 valence electrons. The van der Waals surface area contributed by atoms with Gasteiger partial charge in [-0.2, -0.15) is 5.10 Å². The summed E-state index contributed by atoms with van der Waals surface area (Å²) in [4.78, 5) is 0.0843. The van der Waals surface area contributed by atoms with Gasteiger partial charge in [0.1, 0.15) is 4.90 Å². The van der Waals surface area contributed by atoms with E-state index in [2.05, 4.69) is 21.7 Å². The van der Waals surface area contributed by atoms with Crippen molar-refractivity contribution < 1.29 is 13.5 Å². The molecule has 0 saturated heterocycles. The van der Waals surface area contributed by atoms with Crippen molar-refractivity contribution in [2.24, 2.45) is 7.05 Å². The molecule has 0 aliphatic heterocycles. The van der Waals surface area contributed by atoms with E-state index in [1.165, 1.54) is 10.7 Å². The summed E-state index contributed by atoms with van der Waals surface area (Å²) >= 11 is 0. The lowest BCUT2D eigenvalue weighted by Gasteiger charge is -2.07. The van der Waals surface area contributed by atoms with Crippen molar-refractivity contribution >= 4 is 15.8 Å². The number of aliphatic hydroxyl groups is 1. The maximum Gasteiger partial charge on any atom is 0.264 e. The van der Waals surface area contributed by atoms with E-state index in [9.17, 15) is 8.42 Å². The number of nitrogens with zero attached hydrogens (tertiary/aromatic N) is 2. The van der Waals surface area contributed by atoms with E-state index in [1.807, 2.05) is 0 Å². The normalized spacial score (nSPS) is 10.8. The fourth-order valence-electron chi connectivity index (χ4n) is 1.68. The van der Waals surface area contributed by atoms with Crippen LogP contribution in [0.25, 0.3) is 0 Å². The third-order valence-corrected chi connectivity index (χ3v) is 4.00. The largest absolute Gasteiger partial charge is 0.395 e. The van der Waals surface area contributed by atoms with Crippen LogP contribution in [0.3, 0.4) is 0 Å². The van der Waals surface area contributed by atoms with Crippen molar-refractivity contribution in [2.45, 2.75) is 11.3 Å². The predicted octanol–water partition coefficient (Wildman–Crippen LogP) is 0.955. The molecule has 2 rings (SSSR count). The Morgan fingerprint density at radius 3 is 2.76 bits per heavy atom. The summed E-state index contributed by atoms with van der Waals surface area (Å²) in [6.07, 6.45) is 1.94. The zero-order valence-electron chi connectivity index (χ0n) is 11.4. The molecular formula is C14H15N3O3S. The van der Waals surface area contributed by atoms with Crippen molar-refractivity contribution in [1.82, 2.24) is 9.78 Å². The number of nitrogens with one attached hydrogen (secondary N) is 1. The topological polar surface area (TPSA) is 84.2 Å². The number of hydrogen-bond donors (Lipinski definition) is 2. The Labute approximate surface area is 123 Å². The highest BCUT2D eigenvalue weighted by Crippen LogP contribution is 2.18. The number of rotatable bonds is 4. The first-order valence-corrected chi connectivity index (χ1v) is 7.72. The fraction of sp³-hybridized carbons (Fsp3) is 0.214. The molecule has 0 aliphatic rings. The van der Waals surface area contributed by atoms with Gasteiger partial charge in [0.15, 0.2) is 5.82 Å². The van der Waals surface area contributed by atoms with Gasteiger partial charge in [-0.05, 0) is 12.1 Å². The molecular weight excluding hydrogens is 290 g/mol. The average molecular weight is 305 g/mol. The molecule has 21 heavy (non-hydrogen) atoms. The highest BCUT2D eigenvalue weighted by Gasteiger charge is 2.18. The summed E-state index contributed by atoms with van der Waals surface area (Å²) < 4.78 is 28.7. The van der Waals surface area contributed by atoms with E-state index >= 15 is 0 Å². The summed E-state index contributed by atoms with van der Waals surface area (Å²) in [5.41, 5.74) is 0.384. The molecule has 6 nitrogen and oxygen atoms in total. The third-order valence-electron chi connectivity index (χ3n) is 2.59. The Kier molecular flexibility index (Phi) is 4.62. The zero-order valence-corrected chi connectivity index (χ0v) is 12.3. The van der Waals surface area contributed by atoms with Gasteiger partial charge in [-0.1, -0.05) is 24.0 Å². The predicted molar refractivity (Wildman–Crippen MR) is 79.0 cm³/mol. The molecule has 0 amide bonds. The highest BCUT2D eigenvalue weighted by molar-refractivity contribution is 7.92. The zero-order chi connectivity index (χ0) is 15.3. The van der Waals surface area contributed by atoms with Crippen LogP contribution in [-0.4, -0.2) is 29.9 Å². The smallest absolute Gasteiger partial charge is 0.264 e. The first-order valence-electron chi connectivity index (χ1n) is 6.24. The van der Waals surface area contributed by atoms with E-state index in [-0.39, 0.29) is 17.3 Å². The average Bonchev–Trinajstić information content (AvgIpc) is 2.84. The van der Waals surface area contributed by atoms with Gasteiger partial charge >= 0.3 is 0 Å². The van der Waals surface area contributed by atoms with Crippen LogP contribution in [0.4, 0.5) is 5.82 Å². The molecule has 0 spiro atoms. The Morgan fingerprint density at radius 1 is 1.33 bits per heavy atom. The molecule has 0 unspecified atom stereocenters. The molecule has 0 radical (unpaired) electrons. The second kappa shape index (κ2) is 6.43. The maximum atomic E-state index is 12.4. The van der Waals surface area contributed by atoms with Crippen LogP contribution in [0, 0.1) is 11.8 Å². The monoisotopic (exact) mass is 305 g/mol. The number of aromatic nitrogens is 2. The molecule has 1 aromatic heterocycles. The standard InChI is InChI=1S/C14H15N3O3S/c1-17-10-9-14(15-17)16-21(19,20)13-8-3-2-6-12(13)7-4-5-11-18/h2-3,6,8-10,18H,5,11H2,1H3,(H,15,16). The molecule has 1 aromatic carbocycles. The second-order valence-electron chi connectivity index (χ2n) is 4.25. The minimum atomic E-state index is -3.76. The molecule has 0 aliphatic carbocycles. The second-order valence-corrected chi connectivity index (χ2v) is 5.90. The summed E-state index contributed by atoms with van der Waals surface area (Å²) in [7, 11) is -2.06. The Balaban J connectivity index is 2.34. The Morgan fingerprint density at radius 2 is 2.10 bits per heavy atom. The summed E-state index contributed by atoms with van der Waals surface area (Å²) in [5, 5.41) is 12.7. The van der Waals surface area contributed by atoms with Gasteiger partial charge in [0.25, 0.3) is 10.0 Å². The van der Waals surface area contributed by atoms with Crippen molar-refractivity contribution in [3.8, 4) is 11.8 Å².